The van der Waals surface area contributed by atoms with Crippen LogP contribution in [-0.4, -0.2) is 46.0 Å². The first-order valence-electron chi connectivity index (χ1n) is 7.82. The maximum atomic E-state index is 12.9. The number of aromatic nitrogens is 2. The zero-order chi connectivity index (χ0) is 18.7. The lowest BCUT2D eigenvalue weighted by molar-refractivity contribution is -0.143. The minimum Gasteiger partial charge on any atom is -0.367 e. The molecule has 1 aromatic heterocycles. The number of nitrogens with zero attached hydrogens (tertiary/aromatic N) is 3. The van der Waals surface area contributed by atoms with Crippen molar-refractivity contribution in [2.45, 2.75) is 29.6 Å². The number of carbonyl (C=O) groups is 1. The smallest absolute Gasteiger partial charge is 0.367 e. The molecule has 0 bridgehead atoms. The van der Waals surface area contributed by atoms with Gasteiger partial charge in [-0.3, -0.25) is 4.79 Å². The standard InChI is InChI=1S/C16H16F3N3O2S2/c1-10-6-22(14(23)8-25-15-21-20-9-26-15)7-13(24-10)11-3-2-4-12(5-11)16(17,18)19/h2-5,9-10,13H,6-8H2,1H3. The van der Waals surface area contributed by atoms with Gasteiger partial charge in [0, 0.05) is 6.54 Å². The third kappa shape index (κ3) is 4.74. The molecule has 2 aromatic rings. The molecule has 1 fully saturated rings. The predicted octanol–water partition coefficient (Wildman–Crippen LogP) is 3.64. The van der Waals surface area contributed by atoms with Crippen LogP contribution in [0, 0.1) is 0 Å². The Labute approximate surface area is 156 Å². The minimum absolute atomic E-state index is 0.0997. The van der Waals surface area contributed by atoms with E-state index in [1.165, 1.54) is 29.2 Å². The normalized spacial score (nSPS) is 21.0. The van der Waals surface area contributed by atoms with Gasteiger partial charge in [-0.15, -0.1) is 10.2 Å². The van der Waals surface area contributed by atoms with E-state index in [9.17, 15) is 18.0 Å². The number of amides is 1. The number of thioether (sulfide) groups is 1. The predicted molar refractivity (Wildman–Crippen MR) is 91.9 cm³/mol. The third-order valence-electron chi connectivity index (χ3n) is 3.86. The molecule has 1 aliphatic heterocycles. The van der Waals surface area contributed by atoms with E-state index in [4.69, 9.17) is 4.74 Å². The molecule has 1 aliphatic rings. The van der Waals surface area contributed by atoms with E-state index < -0.39 is 17.8 Å². The molecular formula is C16H16F3N3O2S2. The number of morpholine rings is 1. The summed E-state index contributed by atoms with van der Waals surface area (Å²) in [6.07, 6.45) is -5.26. The minimum atomic E-state index is -4.41. The Balaban J connectivity index is 1.69. The third-order valence-corrected chi connectivity index (χ3v) is 5.70. The van der Waals surface area contributed by atoms with E-state index in [0.717, 1.165) is 12.1 Å². The summed E-state index contributed by atoms with van der Waals surface area (Å²) < 4.78 is 45.3. The highest BCUT2D eigenvalue weighted by molar-refractivity contribution is 8.01. The van der Waals surface area contributed by atoms with E-state index in [2.05, 4.69) is 10.2 Å². The first-order valence-corrected chi connectivity index (χ1v) is 9.69. The Kier molecular flexibility index (Phi) is 5.83. The molecule has 1 amide bonds. The second kappa shape index (κ2) is 7.93. The molecular weight excluding hydrogens is 387 g/mol. The summed E-state index contributed by atoms with van der Waals surface area (Å²) in [6, 6.07) is 5.06. The summed E-state index contributed by atoms with van der Waals surface area (Å²) in [5.41, 5.74) is 1.29. The Bertz CT molecular complexity index is 755. The molecule has 140 valence electrons. The Morgan fingerprint density at radius 1 is 1.42 bits per heavy atom. The highest BCUT2D eigenvalue weighted by Gasteiger charge is 2.33. The van der Waals surface area contributed by atoms with Crippen molar-refractivity contribution >= 4 is 29.0 Å². The fraction of sp³-hybridized carbons (Fsp3) is 0.438. The van der Waals surface area contributed by atoms with Gasteiger partial charge in [-0.25, -0.2) is 0 Å². The van der Waals surface area contributed by atoms with Crippen LogP contribution in [-0.2, 0) is 15.7 Å². The van der Waals surface area contributed by atoms with Gasteiger partial charge in [0.05, 0.1) is 24.0 Å². The number of hydrogen-bond donors (Lipinski definition) is 0. The zero-order valence-corrected chi connectivity index (χ0v) is 15.4. The van der Waals surface area contributed by atoms with Gasteiger partial charge in [0.1, 0.15) is 11.6 Å². The van der Waals surface area contributed by atoms with Crippen molar-refractivity contribution in [1.29, 1.82) is 0 Å². The Morgan fingerprint density at radius 2 is 2.23 bits per heavy atom. The van der Waals surface area contributed by atoms with Gasteiger partial charge in [-0.2, -0.15) is 13.2 Å². The maximum absolute atomic E-state index is 12.9. The van der Waals surface area contributed by atoms with Gasteiger partial charge in [0.25, 0.3) is 0 Å². The Hall–Kier alpha value is -1.65. The highest BCUT2D eigenvalue weighted by atomic mass is 32.2. The van der Waals surface area contributed by atoms with E-state index in [-0.39, 0.29) is 24.3 Å². The molecule has 0 saturated carbocycles. The molecule has 10 heteroatoms. The second-order valence-electron chi connectivity index (χ2n) is 5.85. The lowest BCUT2D eigenvalue weighted by Gasteiger charge is -2.37. The van der Waals surface area contributed by atoms with Crippen LogP contribution in [0.3, 0.4) is 0 Å². The average molecular weight is 403 g/mol. The fourth-order valence-electron chi connectivity index (χ4n) is 2.70. The first-order chi connectivity index (χ1) is 12.3. The summed E-state index contributed by atoms with van der Waals surface area (Å²) in [4.78, 5) is 14.1. The SMILES string of the molecule is CC1CN(C(=O)CSc2nncs2)CC(c2cccc(C(F)(F)F)c2)O1. The van der Waals surface area contributed by atoms with Crippen molar-refractivity contribution < 1.29 is 22.7 Å². The molecule has 0 radical (unpaired) electrons. The van der Waals surface area contributed by atoms with E-state index >= 15 is 0 Å². The van der Waals surface area contributed by atoms with Crippen LogP contribution in [0.5, 0.6) is 0 Å². The molecule has 2 atom stereocenters. The number of rotatable bonds is 4. The monoisotopic (exact) mass is 403 g/mol. The largest absolute Gasteiger partial charge is 0.416 e. The lowest BCUT2D eigenvalue weighted by atomic mass is 10.0. The molecule has 0 N–H and O–H groups in total. The molecule has 3 rings (SSSR count). The summed E-state index contributed by atoms with van der Waals surface area (Å²) in [5, 5.41) is 7.59. The molecule has 1 saturated heterocycles. The maximum Gasteiger partial charge on any atom is 0.416 e. The van der Waals surface area contributed by atoms with Crippen molar-refractivity contribution in [2.24, 2.45) is 0 Å². The van der Waals surface area contributed by atoms with Gasteiger partial charge in [-0.05, 0) is 24.6 Å². The number of halogens is 3. The van der Waals surface area contributed by atoms with Crippen LogP contribution < -0.4 is 0 Å². The van der Waals surface area contributed by atoms with Crippen LogP contribution in [0.2, 0.25) is 0 Å². The van der Waals surface area contributed by atoms with E-state index in [1.807, 2.05) is 0 Å². The molecule has 2 unspecified atom stereocenters. The summed E-state index contributed by atoms with van der Waals surface area (Å²) in [5.74, 6) is 0.106. The van der Waals surface area contributed by atoms with Crippen molar-refractivity contribution in [3.8, 4) is 0 Å². The molecule has 0 spiro atoms. The van der Waals surface area contributed by atoms with Crippen LogP contribution in [0.4, 0.5) is 13.2 Å². The van der Waals surface area contributed by atoms with Crippen molar-refractivity contribution in [1.82, 2.24) is 15.1 Å². The quantitative estimate of drug-likeness (QED) is 0.730. The first kappa shape index (κ1) is 19.1. The van der Waals surface area contributed by atoms with Gasteiger partial charge in [0.2, 0.25) is 5.91 Å². The summed E-state index contributed by atoms with van der Waals surface area (Å²) >= 11 is 2.65. The zero-order valence-electron chi connectivity index (χ0n) is 13.8. The number of alkyl halides is 3. The highest BCUT2D eigenvalue weighted by Crippen LogP contribution is 2.33. The van der Waals surface area contributed by atoms with E-state index in [1.54, 1.807) is 23.4 Å². The Morgan fingerprint density at radius 3 is 2.92 bits per heavy atom. The molecule has 5 nitrogen and oxygen atoms in total. The van der Waals surface area contributed by atoms with Crippen LogP contribution in [0.15, 0.2) is 34.1 Å². The fourth-order valence-corrected chi connectivity index (χ4v) is 4.09. The van der Waals surface area contributed by atoms with E-state index in [0.29, 0.717) is 16.4 Å². The molecule has 2 heterocycles. The van der Waals surface area contributed by atoms with Gasteiger partial charge < -0.3 is 9.64 Å². The summed E-state index contributed by atoms with van der Waals surface area (Å²) in [6.45, 7) is 2.43. The topological polar surface area (TPSA) is 55.3 Å². The van der Waals surface area contributed by atoms with Crippen molar-refractivity contribution in [3.05, 3.63) is 40.9 Å². The molecule has 26 heavy (non-hydrogen) atoms. The number of ether oxygens (including phenoxy) is 1. The number of carbonyl (C=O) groups excluding carboxylic acids is 1. The molecule has 0 aliphatic carbocycles. The second-order valence-corrected chi connectivity index (χ2v) is 7.91. The lowest BCUT2D eigenvalue weighted by Crippen LogP contribution is -2.46. The van der Waals surface area contributed by atoms with Gasteiger partial charge >= 0.3 is 6.18 Å². The van der Waals surface area contributed by atoms with Crippen LogP contribution in [0.1, 0.15) is 24.2 Å². The van der Waals surface area contributed by atoms with Crippen LogP contribution >= 0.6 is 23.1 Å². The number of benzene rings is 1. The van der Waals surface area contributed by atoms with Crippen molar-refractivity contribution in [2.75, 3.05) is 18.8 Å². The number of hydrogen-bond acceptors (Lipinski definition) is 6. The summed E-state index contributed by atoms with van der Waals surface area (Å²) in [7, 11) is 0. The van der Waals surface area contributed by atoms with Crippen molar-refractivity contribution in [3.63, 3.8) is 0 Å². The average Bonchev–Trinajstić information content (AvgIpc) is 3.12. The van der Waals surface area contributed by atoms with Gasteiger partial charge in [0.15, 0.2) is 4.34 Å². The van der Waals surface area contributed by atoms with Crippen LogP contribution in [0.25, 0.3) is 0 Å². The van der Waals surface area contributed by atoms with Gasteiger partial charge in [-0.1, -0.05) is 35.2 Å². The molecule has 1 aromatic carbocycles.